The van der Waals surface area contributed by atoms with Gasteiger partial charge in [-0.3, -0.25) is 9.78 Å². The van der Waals surface area contributed by atoms with Crippen molar-refractivity contribution in [3.05, 3.63) is 65.0 Å². The summed E-state index contributed by atoms with van der Waals surface area (Å²) in [7, 11) is 0. The molecular formula is C17H18F2N2O. The van der Waals surface area contributed by atoms with Crippen LogP contribution in [-0.4, -0.2) is 10.9 Å². The Bertz CT molecular complexity index is 656. The van der Waals surface area contributed by atoms with Crippen molar-refractivity contribution in [2.24, 2.45) is 0 Å². The largest absolute Gasteiger partial charge is 0.349 e. The summed E-state index contributed by atoms with van der Waals surface area (Å²) in [6.45, 7) is 3.67. The molecule has 0 radical (unpaired) electrons. The number of hydrogen-bond acceptors (Lipinski definition) is 2. The molecule has 1 atom stereocenters. The smallest absolute Gasteiger partial charge is 0.224 e. The van der Waals surface area contributed by atoms with Crippen molar-refractivity contribution in [3.63, 3.8) is 0 Å². The van der Waals surface area contributed by atoms with Crippen LogP contribution in [0.3, 0.4) is 0 Å². The molecule has 2 aromatic rings. The molecule has 1 aromatic heterocycles. The van der Waals surface area contributed by atoms with Gasteiger partial charge in [0, 0.05) is 17.5 Å². The molecule has 5 heteroatoms. The van der Waals surface area contributed by atoms with Crippen LogP contribution in [0.25, 0.3) is 0 Å². The molecule has 0 unspecified atom stereocenters. The lowest BCUT2D eigenvalue weighted by molar-refractivity contribution is -0.121. The van der Waals surface area contributed by atoms with Gasteiger partial charge in [0.05, 0.1) is 12.5 Å². The van der Waals surface area contributed by atoms with Crippen molar-refractivity contribution in [2.75, 3.05) is 0 Å². The first-order chi connectivity index (χ1) is 10.5. The Morgan fingerprint density at radius 1 is 1.27 bits per heavy atom. The number of carbonyl (C=O) groups is 1. The Hall–Kier alpha value is -2.30. The molecule has 1 aromatic carbocycles. The third-order valence-corrected chi connectivity index (χ3v) is 3.41. The van der Waals surface area contributed by atoms with Crippen molar-refractivity contribution in [2.45, 2.75) is 32.7 Å². The summed E-state index contributed by atoms with van der Waals surface area (Å²) < 4.78 is 27.1. The molecule has 0 saturated carbocycles. The summed E-state index contributed by atoms with van der Waals surface area (Å²) in [5.41, 5.74) is 1.81. The maximum absolute atomic E-state index is 13.8. The fourth-order valence-electron chi connectivity index (χ4n) is 2.22. The molecular weight excluding hydrogens is 286 g/mol. The fraction of sp³-hybridized carbons (Fsp3) is 0.294. The van der Waals surface area contributed by atoms with Gasteiger partial charge in [-0.05, 0) is 43.2 Å². The summed E-state index contributed by atoms with van der Waals surface area (Å²) in [4.78, 5) is 16.2. The van der Waals surface area contributed by atoms with Gasteiger partial charge in [0.15, 0.2) is 0 Å². The molecule has 0 saturated heterocycles. The predicted octanol–water partition coefficient (Wildman–Crippen LogP) is 3.48. The Morgan fingerprint density at radius 2 is 2.05 bits per heavy atom. The molecule has 0 aliphatic heterocycles. The lowest BCUT2D eigenvalue weighted by Crippen LogP contribution is -2.30. The quantitative estimate of drug-likeness (QED) is 0.919. The van der Waals surface area contributed by atoms with Crippen LogP contribution < -0.4 is 5.32 Å². The molecule has 1 amide bonds. The van der Waals surface area contributed by atoms with Crippen molar-refractivity contribution in [3.8, 4) is 0 Å². The van der Waals surface area contributed by atoms with Gasteiger partial charge < -0.3 is 5.32 Å². The number of aromatic nitrogens is 1. The maximum atomic E-state index is 13.8. The van der Waals surface area contributed by atoms with Crippen molar-refractivity contribution < 1.29 is 13.6 Å². The van der Waals surface area contributed by atoms with Crippen molar-refractivity contribution >= 4 is 5.91 Å². The van der Waals surface area contributed by atoms with Gasteiger partial charge in [0.25, 0.3) is 0 Å². The van der Waals surface area contributed by atoms with E-state index in [0.717, 1.165) is 29.5 Å². The van der Waals surface area contributed by atoms with Crippen LogP contribution in [0.5, 0.6) is 0 Å². The highest BCUT2D eigenvalue weighted by molar-refractivity contribution is 5.78. The number of halogens is 2. The first-order valence-electron chi connectivity index (χ1n) is 7.15. The van der Waals surface area contributed by atoms with E-state index < -0.39 is 17.7 Å². The van der Waals surface area contributed by atoms with E-state index in [4.69, 9.17) is 0 Å². The number of carbonyl (C=O) groups excluding carboxylic acids is 1. The Labute approximate surface area is 128 Å². The highest BCUT2D eigenvalue weighted by Gasteiger charge is 2.17. The van der Waals surface area contributed by atoms with Gasteiger partial charge in [-0.2, -0.15) is 0 Å². The van der Waals surface area contributed by atoms with Gasteiger partial charge >= 0.3 is 0 Å². The average Bonchev–Trinajstić information content (AvgIpc) is 2.50. The van der Waals surface area contributed by atoms with Gasteiger partial charge in [0.1, 0.15) is 11.6 Å². The molecule has 1 N–H and O–H groups in total. The summed E-state index contributed by atoms with van der Waals surface area (Å²) in [5.74, 6) is -1.29. The second-order valence-corrected chi connectivity index (χ2v) is 5.18. The first-order valence-corrected chi connectivity index (χ1v) is 7.15. The van der Waals surface area contributed by atoms with Crippen LogP contribution in [0.4, 0.5) is 8.78 Å². The normalized spacial score (nSPS) is 12.0. The zero-order valence-corrected chi connectivity index (χ0v) is 12.6. The summed E-state index contributed by atoms with van der Waals surface area (Å²) in [6, 6.07) is 6.35. The maximum Gasteiger partial charge on any atom is 0.224 e. The number of benzene rings is 1. The van der Waals surface area contributed by atoms with Gasteiger partial charge in [0.2, 0.25) is 5.91 Å². The van der Waals surface area contributed by atoms with Crippen LogP contribution in [0.2, 0.25) is 0 Å². The van der Waals surface area contributed by atoms with Crippen LogP contribution in [0, 0.1) is 18.6 Å². The van der Waals surface area contributed by atoms with E-state index in [0.29, 0.717) is 6.42 Å². The molecule has 0 bridgehead atoms. The second kappa shape index (κ2) is 7.11. The standard InChI is InChI=1S/C17H18F2N2O/c1-3-16(14-9-13(18)6-7-15(14)19)21-17(22)8-12-5-4-11(2)20-10-12/h4-7,9-10,16H,3,8H2,1-2H3,(H,21,22)/t16-/m0/s1. The predicted molar refractivity (Wildman–Crippen MR) is 80.2 cm³/mol. The third-order valence-electron chi connectivity index (χ3n) is 3.41. The van der Waals surface area contributed by atoms with E-state index in [-0.39, 0.29) is 17.9 Å². The minimum atomic E-state index is -0.554. The number of amides is 1. The average molecular weight is 304 g/mol. The summed E-state index contributed by atoms with van der Waals surface area (Å²) >= 11 is 0. The van der Waals surface area contributed by atoms with E-state index in [2.05, 4.69) is 10.3 Å². The lowest BCUT2D eigenvalue weighted by Gasteiger charge is -2.18. The molecule has 0 fully saturated rings. The highest BCUT2D eigenvalue weighted by atomic mass is 19.1. The SMILES string of the molecule is CC[C@H](NC(=O)Cc1ccc(C)nc1)c1cc(F)ccc1F. The molecule has 22 heavy (non-hydrogen) atoms. The Morgan fingerprint density at radius 3 is 2.68 bits per heavy atom. The second-order valence-electron chi connectivity index (χ2n) is 5.18. The van der Waals surface area contributed by atoms with E-state index in [1.165, 1.54) is 0 Å². The zero-order valence-electron chi connectivity index (χ0n) is 12.6. The molecule has 0 aliphatic rings. The molecule has 0 spiro atoms. The zero-order chi connectivity index (χ0) is 16.1. The van der Waals surface area contributed by atoms with Gasteiger partial charge in [-0.1, -0.05) is 13.0 Å². The van der Waals surface area contributed by atoms with Crippen molar-refractivity contribution in [1.29, 1.82) is 0 Å². The number of nitrogens with one attached hydrogen (secondary N) is 1. The third kappa shape index (κ3) is 4.10. The number of nitrogens with zero attached hydrogens (tertiary/aromatic N) is 1. The number of rotatable bonds is 5. The van der Waals surface area contributed by atoms with Crippen LogP contribution >= 0.6 is 0 Å². The minimum absolute atomic E-state index is 0.153. The number of pyridine rings is 1. The van der Waals surface area contributed by atoms with Crippen LogP contribution in [0.1, 0.15) is 36.2 Å². The van der Waals surface area contributed by atoms with Crippen LogP contribution in [0.15, 0.2) is 36.5 Å². The Kier molecular flexibility index (Phi) is 5.20. The molecule has 1 heterocycles. The van der Waals surface area contributed by atoms with Crippen molar-refractivity contribution in [1.82, 2.24) is 10.3 Å². The fourth-order valence-corrected chi connectivity index (χ4v) is 2.22. The Balaban J connectivity index is 2.07. The van der Waals surface area contributed by atoms with Gasteiger partial charge in [-0.25, -0.2) is 8.78 Å². The van der Waals surface area contributed by atoms with E-state index in [9.17, 15) is 13.6 Å². The monoisotopic (exact) mass is 304 g/mol. The lowest BCUT2D eigenvalue weighted by atomic mass is 10.0. The molecule has 116 valence electrons. The minimum Gasteiger partial charge on any atom is -0.349 e. The topological polar surface area (TPSA) is 42.0 Å². The van der Waals surface area contributed by atoms with Crippen LogP contribution in [-0.2, 0) is 11.2 Å². The molecule has 2 rings (SSSR count). The number of aryl methyl sites for hydroxylation is 1. The number of hydrogen-bond donors (Lipinski definition) is 1. The molecule has 0 aliphatic carbocycles. The first kappa shape index (κ1) is 16.1. The summed E-state index contributed by atoms with van der Waals surface area (Å²) in [6.07, 6.45) is 2.26. The van der Waals surface area contributed by atoms with E-state index in [1.807, 2.05) is 26.0 Å². The highest BCUT2D eigenvalue weighted by Crippen LogP contribution is 2.21. The molecule has 3 nitrogen and oxygen atoms in total. The van der Waals surface area contributed by atoms with E-state index in [1.54, 1.807) is 6.20 Å². The summed E-state index contributed by atoms with van der Waals surface area (Å²) in [5, 5.41) is 2.74. The van der Waals surface area contributed by atoms with Gasteiger partial charge in [-0.15, -0.1) is 0 Å². The van der Waals surface area contributed by atoms with E-state index >= 15 is 0 Å².